The molecule has 2 aliphatic heterocycles. The Labute approximate surface area is 164 Å². The number of carbonyl (C=O) groups excluding carboxylic acids is 2. The van der Waals surface area contributed by atoms with Crippen LogP contribution in [0.2, 0.25) is 0 Å². The number of amides is 2. The first kappa shape index (κ1) is 18.6. The van der Waals surface area contributed by atoms with Crippen LogP contribution in [0, 0.1) is 5.82 Å². The molecule has 1 spiro atoms. The lowest BCUT2D eigenvalue weighted by molar-refractivity contribution is -0.130. The summed E-state index contributed by atoms with van der Waals surface area (Å²) >= 11 is 0. The maximum absolute atomic E-state index is 13.7. The van der Waals surface area contributed by atoms with E-state index in [4.69, 9.17) is 0 Å². The number of rotatable bonds is 3. The summed E-state index contributed by atoms with van der Waals surface area (Å²) in [6.45, 7) is 1.97. The second kappa shape index (κ2) is 7.36. The molecule has 2 aromatic carbocycles. The van der Waals surface area contributed by atoms with Gasteiger partial charge in [0, 0.05) is 25.3 Å². The number of likely N-dealkylation sites (tertiary alicyclic amines) is 1. The monoisotopic (exact) mass is 381 g/mol. The van der Waals surface area contributed by atoms with Crippen molar-refractivity contribution in [3.8, 4) is 0 Å². The predicted molar refractivity (Wildman–Crippen MR) is 105 cm³/mol. The van der Waals surface area contributed by atoms with E-state index in [-0.39, 0.29) is 29.7 Å². The van der Waals surface area contributed by atoms with Gasteiger partial charge < -0.3 is 9.80 Å². The zero-order chi connectivity index (χ0) is 19.7. The van der Waals surface area contributed by atoms with Crippen LogP contribution < -0.4 is 4.90 Å². The zero-order valence-electron chi connectivity index (χ0n) is 16.0. The summed E-state index contributed by atoms with van der Waals surface area (Å²) in [6.07, 6.45) is 1.18. The van der Waals surface area contributed by atoms with Crippen LogP contribution in [0.15, 0.2) is 54.6 Å². The normalized spacial score (nSPS) is 22.9. The van der Waals surface area contributed by atoms with Gasteiger partial charge in [-0.25, -0.2) is 4.39 Å². The molecular formula is C22H24FN3O2. The van der Waals surface area contributed by atoms with Crippen molar-refractivity contribution in [2.45, 2.75) is 18.4 Å². The number of hydrogen-bond donors (Lipinski definition) is 0. The summed E-state index contributed by atoms with van der Waals surface area (Å²) in [4.78, 5) is 31.0. The lowest BCUT2D eigenvalue weighted by Gasteiger charge is -2.46. The number of likely N-dealkylation sites (N-methyl/N-ethyl adjacent to an activating group) is 1. The first-order valence-corrected chi connectivity index (χ1v) is 9.56. The summed E-state index contributed by atoms with van der Waals surface area (Å²) in [7, 11) is 1.94. The highest BCUT2D eigenvalue weighted by molar-refractivity contribution is 5.96. The summed E-state index contributed by atoms with van der Waals surface area (Å²) < 4.78 is 13.7. The van der Waals surface area contributed by atoms with Crippen LogP contribution >= 0.6 is 0 Å². The maximum atomic E-state index is 13.7. The minimum atomic E-state index is -0.357. The van der Waals surface area contributed by atoms with E-state index in [0.717, 1.165) is 12.0 Å². The van der Waals surface area contributed by atoms with Crippen molar-refractivity contribution in [1.82, 2.24) is 9.80 Å². The topological polar surface area (TPSA) is 43.9 Å². The number of piperazine rings is 1. The van der Waals surface area contributed by atoms with Gasteiger partial charge in [-0.3, -0.25) is 14.5 Å². The average molecular weight is 381 g/mol. The van der Waals surface area contributed by atoms with Gasteiger partial charge in [-0.15, -0.1) is 0 Å². The molecule has 2 aliphatic rings. The molecule has 0 aliphatic carbocycles. The molecule has 0 N–H and O–H groups in total. The molecule has 28 heavy (non-hydrogen) atoms. The Morgan fingerprint density at radius 3 is 2.64 bits per heavy atom. The SMILES string of the molecule is CN1CC(=O)N(c2cccc(F)c2)C[C@@]12CCN(C(=O)Cc1ccccc1)C2. The highest BCUT2D eigenvalue weighted by atomic mass is 19.1. The fourth-order valence-corrected chi connectivity index (χ4v) is 4.23. The third kappa shape index (κ3) is 3.52. The molecule has 146 valence electrons. The van der Waals surface area contributed by atoms with Crippen LogP contribution in [0.25, 0.3) is 0 Å². The van der Waals surface area contributed by atoms with E-state index in [1.165, 1.54) is 12.1 Å². The van der Waals surface area contributed by atoms with Crippen LogP contribution in [0.4, 0.5) is 10.1 Å². The molecule has 5 nitrogen and oxygen atoms in total. The van der Waals surface area contributed by atoms with E-state index in [0.29, 0.717) is 31.7 Å². The van der Waals surface area contributed by atoms with Gasteiger partial charge in [-0.1, -0.05) is 36.4 Å². The molecule has 2 fully saturated rings. The fraction of sp³-hybridized carbons (Fsp3) is 0.364. The Morgan fingerprint density at radius 1 is 1.11 bits per heavy atom. The van der Waals surface area contributed by atoms with Crippen molar-refractivity contribution in [2.75, 3.05) is 38.1 Å². The molecular weight excluding hydrogens is 357 g/mol. The second-order valence-electron chi connectivity index (χ2n) is 7.77. The number of hydrogen-bond acceptors (Lipinski definition) is 3. The lowest BCUT2D eigenvalue weighted by Crippen LogP contribution is -2.64. The second-order valence-corrected chi connectivity index (χ2v) is 7.77. The summed E-state index contributed by atoms with van der Waals surface area (Å²) in [5.74, 6) is -0.303. The third-order valence-electron chi connectivity index (χ3n) is 5.94. The smallest absolute Gasteiger partial charge is 0.241 e. The lowest BCUT2D eigenvalue weighted by atomic mass is 9.92. The number of anilines is 1. The van der Waals surface area contributed by atoms with Crippen molar-refractivity contribution in [3.63, 3.8) is 0 Å². The Bertz CT molecular complexity index is 888. The van der Waals surface area contributed by atoms with Gasteiger partial charge in [-0.05, 0) is 37.2 Å². The minimum absolute atomic E-state index is 0.0483. The predicted octanol–water partition coefficient (Wildman–Crippen LogP) is 2.32. The molecule has 1 atom stereocenters. The Kier molecular flexibility index (Phi) is 4.89. The van der Waals surface area contributed by atoms with Gasteiger partial charge in [0.15, 0.2) is 0 Å². The summed E-state index contributed by atoms with van der Waals surface area (Å²) in [5, 5.41) is 0. The number of nitrogens with zero attached hydrogens (tertiary/aromatic N) is 3. The molecule has 2 saturated heterocycles. The number of halogens is 1. The standard InChI is InChI=1S/C22H24FN3O2/c1-24-14-21(28)26(19-9-5-8-18(23)13-19)16-22(24)10-11-25(15-22)20(27)12-17-6-3-2-4-7-17/h2-9,13H,10-12,14-16H2,1H3/t22-/m0/s1. The van der Waals surface area contributed by atoms with Gasteiger partial charge >= 0.3 is 0 Å². The fourth-order valence-electron chi connectivity index (χ4n) is 4.23. The van der Waals surface area contributed by atoms with Crippen LogP contribution in [-0.2, 0) is 16.0 Å². The number of carbonyl (C=O) groups is 2. The van der Waals surface area contributed by atoms with Crippen molar-refractivity contribution in [1.29, 1.82) is 0 Å². The van der Waals surface area contributed by atoms with Crippen LogP contribution in [0.5, 0.6) is 0 Å². The van der Waals surface area contributed by atoms with Gasteiger partial charge in [0.2, 0.25) is 11.8 Å². The van der Waals surface area contributed by atoms with Crippen molar-refractivity contribution in [3.05, 3.63) is 66.0 Å². The molecule has 6 heteroatoms. The Morgan fingerprint density at radius 2 is 1.89 bits per heavy atom. The first-order chi connectivity index (χ1) is 13.5. The van der Waals surface area contributed by atoms with Gasteiger partial charge in [0.05, 0.1) is 18.5 Å². The van der Waals surface area contributed by atoms with Gasteiger partial charge in [0.25, 0.3) is 0 Å². The van der Waals surface area contributed by atoms with Crippen molar-refractivity contribution < 1.29 is 14.0 Å². The van der Waals surface area contributed by atoms with E-state index in [1.807, 2.05) is 42.3 Å². The maximum Gasteiger partial charge on any atom is 0.241 e. The third-order valence-corrected chi connectivity index (χ3v) is 5.94. The van der Waals surface area contributed by atoms with Gasteiger partial charge in [-0.2, -0.15) is 0 Å². The quantitative estimate of drug-likeness (QED) is 0.820. The molecule has 0 saturated carbocycles. The van der Waals surface area contributed by atoms with E-state index in [2.05, 4.69) is 4.90 Å². The molecule has 2 aromatic rings. The largest absolute Gasteiger partial charge is 0.340 e. The zero-order valence-corrected chi connectivity index (χ0v) is 16.0. The van der Waals surface area contributed by atoms with Crippen molar-refractivity contribution in [2.24, 2.45) is 0 Å². The summed E-state index contributed by atoms with van der Waals surface area (Å²) in [6, 6.07) is 15.9. The van der Waals surface area contributed by atoms with Crippen LogP contribution in [0.3, 0.4) is 0 Å². The highest BCUT2D eigenvalue weighted by Gasteiger charge is 2.48. The van der Waals surface area contributed by atoms with Gasteiger partial charge in [0.1, 0.15) is 5.82 Å². The van der Waals surface area contributed by atoms with Crippen LogP contribution in [0.1, 0.15) is 12.0 Å². The molecule has 0 bridgehead atoms. The molecule has 0 aromatic heterocycles. The van der Waals surface area contributed by atoms with E-state index in [1.54, 1.807) is 17.0 Å². The average Bonchev–Trinajstić information content (AvgIpc) is 3.11. The van der Waals surface area contributed by atoms with Crippen LogP contribution in [-0.4, -0.2) is 60.4 Å². The minimum Gasteiger partial charge on any atom is -0.340 e. The molecule has 2 amide bonds. The first-order valence-electron chi connectivity index (χ1n) is 9.56. The van der Waals surface area contributed by atoms with E-state index < -0.39 is 0 Å². The van der Waals surface area contributed by atoms with E-state index >= 15 is 0 Å². The molecule has 0 unspecified atom stereocenters. The van der Waals surface area contributed by atoms with E-state index in [9.17, 15) is 14.0 Å². The number of benzene rings is 2. The molecule has 2 heterocycles. The molecule has 4 rings (SSSR count). The highest BCUT2D eigenvalue weighted by Crippen LogP contribution is 2.33. The van der Waals surface area contributed by atoms with Crippen molar-refractivity contribution >= 4 is 17.5 Å². The molecule has 0 radical (unpaired) electrons. The Hall–Kier alpha value is -2.73. The Balaban J connectivity index is 1.50. The summed E-state index contributed by atoms with van der Waals surface area (Å²) in [5.41, 5.74) is 1.28.